The Morgan fingerprint density at radius 1 is 1.43 bits per heavy atom. The van der Waals surface area contributed by atoms with Crippen molar-refractivity contribution < 1.29 is 10.0 Å². The van der Waals surface area contributed by atoms with Gasteiger partial charge in [0.1, 0.15) is 0 Å². The Labute approximate surface area is 125 Å². The number of nitro benzene ring substituents is 1. The Morgan fingerprint density at radius 2 is 2.19 bits per heavy atom. The van der Waals surface area contributed by atoms with Gasteiger partial charge in [-0.3, -0.25) is 10.1 Å². The number of aliphatic hydroxyl groups is 1. The minimum Gasteiger partial charge on any atom is -0.393 e. The monoisotopic (exact) mass is 292 g/mol. The molecule has 0 aliphatic heterocycles. The van der Waals surface area contributed by atoms with E-state index in [9.17, 15) is 15.2 Å². The second-order valence-corrected chi connectivity index (χ2v) is 5.83. The Morgan fingerprint density at radius 3 is 2.86 bits per heavy atom. The summed E-state index contributed by atoms with van der Waals surface area (Å²) in [6, 6.07) is 6.90. The third kappa shape index (κ3) is 4.25. The molecule has 1 fully saturated rings. The third-order valence-electron chi connectivity index (χ3n) is 4.39. The summed E-state index contributed by atoms with van der Waals surface area (Å²) in [4.78, 5) is 10.5. The SMILES string of the molecule is CCC(NCC1CCCCC1O)c1cccc([N+](=O)[O-])c1. The van der Waals surface area contributed by atoms with E-state index in [1.54, 1.807) is 12.1 Å². The Hall–Kier alpha value is -1.46. The first-order valence-corrected chi connectivity index (χ1v) is 7.77. The van der Waals surface area contributed by atoms with Crippen molar-refractivity contribution in [3.63, 3.8) is 0 Å². The van der Waals surface area contributed by atoms with Crippen LogP contribution in [-0.4, -0.2) is 22.7 Å². The Kier molecular flexibility index (Phi) is 5.70. The fraction of sp³-hybridized carbons (Fsp3) is 0.625. The fourth-order valence-corrected chi connectivity index (χ4v) is 3.07. The molecule has 0 heterocycles. The fourth-order valence-electron chi connectivity index (χ4n) is 3.07. The van der Waals surface area contributed by atoms with E-state index >= 15 is 0 Å². The largest absolute Gasteiger partial charge is 0.393 e. The quantitative estimate of drug-likeness (QED) is 0.623. The molecule has 1 aromatic rings. The van der Waals surface area contributed by atoms with E-state index in [0.717, 1.165) is 37.8 Å². The summed E-state index contributed by atoms with van der Waals surface area (Å²) in [6.45, 7) is 2.83. The number of hydrogen-bond donors (Lipinski definition) is 2. The summed E-state index contributed by atoms with van der Waals surface area (Å²) in [5, 5.41) is 24.3. The van der Waals surface area contributed by atoms with Gasteiger partial charge in [-0.05, 0) is 30.7 Å². The zero-order valence-corrected chi connectivity index (χ0v) is 12.5. The van der Waals surface area contributed by atoms with Gasteiger partial charge in [-0.1, -0.05) is 31.9 Å². The number of nitrogens with zero attached hydrogens (tertiary/aromatic N) is 1. The molecule has 1 aromatic carbocycles. The van der Waals surface area contributed by atoms with Gasteiger partial charge in [0.2, 0.25) is 0 Å². The van der Waals surface area contributed by atoms with E-state index in [1.165, 1.54) is 12.5 Å². The molecule has 1 aliphatic carbocycles. The lowest BCUT2D eigenvalue weighted by molar-refractivity contribution is -0.384. The summed E-state index contributed by atoms with van der Waals surface area (Å²) in [6.07, 6.45) is 4.88. The smallest absolute Gasteiger partial charge is 0.269 e. The van der Waals surface area contributed by atoms with Gasteiger partial charge in [0.25, 0.3) is 5.69 Å². The maximum Gasteiger partial charge on any atom is 0.269 e. The normalized spacial score (nSPS) is 23.7. The van der Waals surface area contributed by atoms with Crippen molar-refractivity contribution in [1.82, 2.24) is 5.32 Å². The summed E-state index contributed by atoms with van der Waals surface area (Å²) in [5.41, 5.74) is 1.07. The van der Waals surface area contributed by atoms with E-state index in [-0.39, 0.29) is 22.8 Å². The van der Waals surface area contributed by atoms with Crippen LogP contribution in [0.4, 0.5) is 5.69 Å². The van der Waals surface area contributed by atoms with Crippen molar-refractivity contribution in [1.29, 1.82) is 0 Å². The van der Waals surface area contributed by atoms with Gasteiger partial charge in [-0.15, -0.1) is 0 Å². The molecule has 3 atom stereocenters. The van der Waals surface area contributed by atoms with Crippen LogP contribution in [0.2, 0.25) is 0 Å². The predicted octanol–water partition coefficient (Wildman–Crippen LogP) is 3.19. The van der Waals surface area contributed by atoms with Gasteiger partial charge in [0.05, 0.1) is 11.0 Å². The van der Waals surface area contributed by atoms with Crippen molar-refractivity contribution in [3.8, 4) is 0 Å². The van der Waals surface area contributed by atoms with Crippen LogP contribution in [0.25, 0.3) is 0 Å². The van der Waals surface area contributed by atoms with Gasteiger partial charge in [0.15, 0.2) is 0 Å². The first-order valence-electron chi connectivity index (χ1n) is 7.77. The number of benzene rings is 1. The topological polar surface area (TPSA) is 75.4 Å². The molecule has 0 spiro atoms. The van der Waals surface area contributed by atoms with Crippen LogP contribution in [0, 0.1) is 16.0 Å². The Balaban J connectivity index is 1.99. The minimum absolute atomic E-state index is 0.0963. The van der Waals surface area contributed by atoms with Gasteiger partial charge in [-0.25, -0.2) is 0 Å². The van der Waals surface area contributed by atoms with Gasteiger partial charge < -0.3 is 10.4 Å². The first-order chi connectivity index (χ1) is 10.1. The van der Waals surface area contributed by atoms with Gasteiger partial charge in [0, 0.05) is 24.7 Å². The van der Waals surface area contributed by atoms with Crippen LogP contribution in [0.3, 0.4) is 0 Å². The summed E-state index contributed by atoms with van der Waals surface area (Å²) < 4.78 is 0. The van der Waals surface area contributed by atoms with Crippen molar-refractivity contribution in [3.05, 3.63) is 39.9 Å². The summed E-state index contributed by atoms with van der Waals surface area (Å²) in [5.74, 6) is 0.298. The molecule has 3 unspecified atom stereocenters. The molecule has 0 aromatic heterocycles. The standard InChI is InChI=1S/C16H24N2O3/c1-2-15(12-7-5-8-14(10-12)18(20)21)17-11-13-6-3-4-9-16(13)19/h5,7-8,10,13,15-17,19H,2-4,6,9,11H2,1H3. The van der Waals surface area contributed by atoms with Crippen LogP contribution in [0.15, 0.2) is 24.3 Å². The highest BCUT2D eigenvalue weighted by Crippen LogP contribution is 2.26. The van der Waals surface area contributed by atoms with Crippen molar-refractivity contribution in [2.45, 2.75) is 51.2 Å². The van der Waals surface area contributed by atoms with E-state index in [2.05, 4.69) is 12.2 Å². The molecule has 0 bridgehead atoms. The molecule has 2 rings (SSSR count). The van der Waals surface area contributed by atoms with Crippen LogP contribution in [-0.2, 0) is 0 Å². The lowest BCUT2D eigenvalue weighted by atomic mass is 9.86. The summed E-state index contributed by atoms with van der Waals surface area (Å²) >= 11 is 0. The van der Waals surface area contributed by atoms with Crippen LogP contribution < -0.4 is 5.32 Å². The van der Waals surface area contributed by atoms with E-state index in [4.69, 9.17) is 0 Å². The highest BCUT2D eigenvalue weighted by Gasteiger charge is 2.24. The molecule has 0 saturated heterocycles. The van der Waals surface area contributed by atoms with E-state index < -0.39 is 0 Å². The predicted molar refractivity (Wildman–Crippen MR) is 82.1 cm³/mol. The van der Waals surface area contributed by atoms with E-state index in [1.807, 2.05) is 6.07 Å². The number of nitro groups is 1. The van der Waals surface area contributed by atoms with Crippen molar-refractivity contribution in [2.75, 3.05) is 6.54 Å². The van der Waals surface area contributed by atoms with Crippen LogP contribution in [0.5, 0.6) is 0 Å². The molecule has 21 heavy (non-hydrogen) atoms. The highest BCUT2D eigenvalue weighted by atomic mass is 16.6. The minimum atomic E-state index is -0.360. The number of nitrogens with one attached hydrogen (secondary N) is 1. The molecule has 5 heteroatoms. The van der Waals surface area contributed by atoms with Crippen LogP contribution in [0.1, 0.15) is 50.6 Å². The molecular formula is C16H24N2O3. The second kappa shape index (κ2) is 7.52. The first kappa shape index (κ1) is 15.9. The number of non-ortho nitro benzene ring substituents is 1. The maximum atomic E-state index is 10.9. The second-order valence-electron chi connectivity index (χ2n) is 5.83. The average Bonchev–Trinajstić information content (AvgIpc) is 2.50. The zero-order valence-electron chi connectivity index (χ0n) is 12.5. The number of hydrogen-bond acceptors (Lipinski definition) is 4. The molecule has 1 saturated carbocycles. The lowest BCUT2D eigenvalue weighted by Crippen LogP contribution is -2.35. The van der Waals surface area contributed by atoms with Gasteiger partial charge >= 0.3 is 0 Å². The molecule has 1 aliphatic rings. The molecule has 116 valence electrons. The van der Waals surface area contributed by atoms with E-state index in [0.29, 0.717) is 5.92 Å². The van der Waals surface area contributed by atoms with Crippen LogP contribution >= 0.6 is 0 Å². The maximum absolute atomic E-state index is 10.9. The molecule has 0 amide bonds. The number of aliphatic hydroxyl groups excluding tert-OH is 1. The molecule has 2 N–H and O–H groups in total. The van der Waals surface area contributed by atoms with Crippen molar-refractivity contribution in [2.24, 2.45) is 5.92 Å². The van der Waals surface area contributed by atoms with Gasteiger partial charge in [-0.2, -0.15) is 0 Å². The molecule has 0 radical (unpaired) electrons. The average molecular weight is 292 g/mol. The van der Waals surface area contributed by atoms with Crippen molar-refractivity contribution >= 4 is 5.69 Å². The molecular weight excluding hydrogens is 268 g/mol. The lowest BCUT2D eigenvalue weighted by Gasteiger charge is -2.29. The highest BCUT2D eigenvalue weighted by molar-refractivity contribution is 5.35. The Bertz CT molecular complexity index is 478. The molecule has 5 nitrogen and oxygen atoms in total. The number of rotatable bonds is 6. The summed E-state index contributed by atoms with van der Waals surface area (Å²) in [7, 11) is 0. The zero-order chi connectivity index (χ0) is 15.2. The third-order valence-corrected chi connectivity index (χ3v) is 4.39.